The number of amides is 1. The molecule has 0 aliphatic carbocycles. The van der Waals surface area contributed by atoms with Gasteiger partial charge in [0.1, 0.15) is 0 Å². The quantitative estimate of drug-likeness (QED) is 0.750. The molecule has 0 saturated carbocycles. The second kappa shape index (κ2) is 4.63. The summed E-state index contributed by atoms with van der Waals surface area (Å²) in [4.78, 5) is 13.5. The Kier molecular flexibility index (Phi) is 3.22. The van der Waals surface area contributed by atoms with Gasteiger partial charge in [0, 0.05) is 18.8 Å². The summed E-state index contributed by atoms with van der Waals surface area (Å²) in [6, 6.07) is 6.12. The number of fused-ring (bicyclic) bond motifs is 1. The van der Waals surface area contributed by atoms with Crippen molar-refractivity contribution in [3.8, 4) is 0 Å². The second-order valence-electron chi connectivity index (χ2n) is 4.01. The molecule has 1 aliphatic rings. The number of nitrogens with zero attached hydrogens (tertiary/aromatic N) is 1. The number of nitrogens with two attached hydrogens (primary N) is 2. The first-order valence-corrected chi connectivity index (χ1v) is 5.58. The van der Waals surface area contributed by atoms with Gasteiger partial charge in [0.25, 0.3) is 0 Å². The molecule has 4 heteroatoms. The molecule has 0 fully saturated rings. The van der Waals surface area contributed by atoms with Gasteiger partial charge in [-0.15, -0.1) is 0 Å². The van der Waals surface area contributed by atoms with Crippen molar-refractivity contribution in [3.63, 3.8) is 0 Å². The lowest BCUT2D eigenvalue weighted by atomic mass is 10.1. The van der Waals surface area contributed by atoms with E-state index in [-0.39, 0.29) is 5.91 Å². The van der Waals surface area contributed by atoms with Crippen LogP contribution in [0.4, 0.5) is 5.69 Å². The molecule has 86 valence electrons. The van der Waals surface area contributed by atoms with Crippen LogP contribution in [0.15, 0.2) is 18.2 Å². The van der Waals surface area contributed by atoms with Crippen LogP contribution in [0.25, 0.3) is 0 Å². The summed E-state index contributed by atoms with van der Waals surface area (Å²) in [5.74, 6) is 0.144. The van der Waals surface area contributed by atoms with E-state index in [1.807, 2.05) is 12.1 Å². The first-order valence-electron chi connectivity index (χ1n) is 5.58. The molecular formula is C12H17N3O. The summed E-state index contributed by atoms with van der Waals surface area (Å²) in [6.45, 7) is 1.73. The Balaban J connectivity index is 2.27. The molecular weight excluding hydrogens is 202 g/mol. The van der Waals surface area contributed by atoms with Gasteiger partial charge in [0.05, 0.1) is 6.42 Å². The number of anilines is 1. The molecule has 4 N–H and O–H groups in total. The predicted molar refractivity (Wildman–Crippen MR) is 64.3 cm³/mol. The lowest BCUT2D eigenvalue weighted by Gasteiger charge is -2.16. The molecule has 0 unspecified atom stereocenters. The first kappa shape index (κ1) is 11.1. The summed E-state index contributed by atoms with van der Waals surface area (Å²) in [6.07, 6.45) is 1.35. The van der Waals surface area contributed by atoms with Crippen LogP contribution in [0, 0.1) is 0 Å². The van der Waals surface area contributed by atoms with E-state index in [1.54, 1.807) is 4.90 Å². The molecule has 1 amide bonds. The van der Waals surface area contributed by atoms with Crippen LogP contribution in [0.1, 0.15) is 11.1 Å². The summed E-state index contributed by atoms with van der Waals surface area (Å²) in [5, 5.41) is 0. The van der Waals surface area contributed by atoms with E-state index in [0.717, 1.165) is 17.7 Å². The lowest BCUT2D eigenvalue weighted by molar-refractivity contribution is -0.117. The van der Waals surface area contributed by atoms with E-state index in [0.29, 0.717) is 26.1 Å². The van der Waals surface area contributed by atoms with Gasteiger partial charge < -0.3 is 16.4 Å². The van der Waals surface area contributed by atoms with Crippen molar-refractivity contribution in [1.82, 2.24) is 0 Å². The van der Waals surface area contributed by atoms with E-state index in [2.05, 4.69) is 6.07 Å². The maximum Gasteiger partial charge on any atom is 0.231 e. The van der Waals surface area contributed by atoms with Gasteiger partial charge in [-0.25, -0.2) is 0 Å². The molecule has 0 atom stereocenters. The highest BCUT2D eigenvalue weighted by atomic mass is 16.2. The number of hydrogen-bond donors (Lipinski definition) is 2. The normalized spacial score (nSPS) is 14.4. The van der Waals surface area contributed by atoms with Crippen LogP contribution in [0.3, 0.4) is 0 Å². The van der Waals surface area contributed by atoms with Gasteiger partial charge in [-0.05, 0) is 30.2 Å². The van der Waals surface area contributed by atoms with Crippen molar-refractivity contribution >= 4 is 11.6 Å². The molecule has 0 spiro atoms. The topological polar surface area (TPSA) is 72.4 Å². The second-order valence-corrected chi connectivity index (χ2v) is 4.01. The van der Waals surface area contributed by atoms with Crippen LogP contribution in [-0.4, -0.2) is 25.5 Å². The Morgan fingerprint density at radius 1 is 1.25 bits per heavy atom. The van der Waals surface area contributed by atoms with Crippen LogP contribution < -0.4 is 16.4 Å². The molecule has 0 bridgehead atoms. The van der Waals surface area contributed by atoms with Crippen molar-refractivity contribution in [2.75, 3.05) is 24.5 Å². The average Bonchev–Trinajstić information content (AvgIpc) is 2.56. The molecule has 16 heavy (non-hydrogen) atoms. The predicted octanol–water partition coefficient (Wildman–Crippen LogP) is 0.0356. The fraction of sp³-hybridized carbons (Fsp3) is 0.417. The zero-order valence-electron chi connectivity index (χ0n) is 9.28. The highest BCUT2D eigenvalue weighted by Gasteiger charge is 2.26. The van der Waals surface area contributed by atoms with Crippen molar-refractivity contribution < 1.29 is 4.79 Å². The van der Waals surface area contributed by atoms with Gasteiger partial charge in [0.15, 0.2) is 0 Å². The SMILES string of the molecule is NCCc1ccc2c(c1)CC(=O)N2CCN. The summed E-state index contributed by atoms with van der Waals surface area (Å²) < 4.78 is 0. The minimum absolute atomic E-state index is 0.144. The minimum atomic E-state index is 0.144. The number of benzene rings is 1. The molecule has 4 nitrogen and oxygen atoms in total. The maximum absolute atomic E-state index is 11.7. The van der Waals surface area contributed by atoms with Crippen molar-refractivity contribution in [2.45, 2.75) is 12.8 Å². The van der Waals surface area contributed by atoms with Crippen LogP contribution in [0.5, 0.6) is 0 Å². The molecule has 0 aromatic heterocycles. The van der Waals surface area contributed by atoms with Crippen LogP contribution >= 0.6 is 0 Å². The average molecular weight is 219 g/mol. The minimum Gasteiger partial charge on any atom is -0.330 e. The highest BCUT2D eigenvalue weighted by molar-refractivity contribution is 6.01. The summed E-state index contributed by atoms with van der Waals surface area (Å²) in [5.41, 5.74) is 14.3. The van der Waals surface area contributed by atoms with Gasteiger partial charge in [-0.1, -0.05) is 12.1 Å². The number of carbonyl (C=O) groups excluding carboxylic acids is 1. The first-order chi connectivity index (χ1) is 7.76. The number of carbonyl (C=O) groups is 1. The fourth-order valence-electron chi connectivity index (χ4n) is 2.13. The highest BCUT2D eigenvalue weighted by Crippen LogP contribution is 2.29. The third kappa shape index (κ3) is 1.94. The standard InChI is InChI=1S/C12H17N3O/c13-4-3-9-1-2-11-10(7-9)8-12(16)15(11)6-5-14/h1-2,7H,3-6,8,13-14H2. The van der Waals surface area contributed by atoms with Gasteiger partial charge in [0.2, 0.25) is 5.91 Å². The van der Waals surface area contributed by atoms with E-state index >= 15 is 0 Å². The molecule has 2 rings (SSSR count). The zero-order valence-corrected chi connectivity index (χ0v) is 9.28. The smallest absolute Gasteiger partial charge is 0.231 e. The van der Waals surface area contributed by atoms with E-state index < -0.39 is 0 Å². The molecule has 1 aliphatic heterocycles. The number of rotatable bonds is 4. The van der Waals surface area contributed by atoms with Crippen molar-refractivity contribution in [1.29, 1.82) is 0 Å². The molecule has 1 aromatic rings. The monoisotopic (exact) mass is 219 g/mol. The van der Waals surface area contributed by atoms with Crippen LogP contribution in [-0.2, 0) is 17.6 Å². The molecule has 1 heterocycles. The third-order valence-electron chi connectivity index (χ3n) is 2.86. The Labute approximate surface area is 95.2 Å². The molecule has 0 radical (unpaired) electrons. The van der Waals surface area contributed by atoms with Crippen molar-refractivity contribution in [2.24, 2.45) is 11.5 Å². The lowest BCUT2D eigenvalue weighted by Crippen LogP contribution is -2.31. The Morgan fingerprint density at radius 2 is 2.06 bits per heavy atom. The van der Waals surface area contributed by atoms with E-state index in [1.165, 1.54) is 5.56 Å². The van der Waals surface area contributed by atoms with Crippen molar-refractivity contribution in [3.05, 3.63) is 29.3 Å². The van der Waals surface area contributed by atoms with Crippen LogP contribution in [0.2, 0.25) is 0 Å². The summed E-state index contributed by atoms with van der Waals surface area (Å²) in [7, 11) is 0. The Bertz CT molecular complexity index is 403. The fourth-order valence-corrected chi connectivity index (χ4v) is 2.13. The van der Waals surface area contributed by atoms with Gasteiger partial charge in [-0.3, -0.25) is 4.79 Å². The molecule has 1 aromatic carbocycles. The maximum atomic E-state index is 11.7. The summed E-state index contributed by atoms with van der Waals surface area (Å²) >= 11 is 0. The Morgan fingerprint density at radius 3 is 2.75 bits per heavy atom. The van der Waals surface area contributed by atoms with Gasteiger partial charge in [-0.2, -0.15) is 0 Å². The molecule has 0 saturated heterocycles. The Hall–Kier alpha value is -1.39. The van der Waals surface area contributed by atoms with Gasteiger partial charge >= 0.3 is 0 Å². The van der Waals surface area contributed by atoms with E-state index in [4.69, 9.17) is 11.5 Å². The zero-order chi connectivity index (χ0) is 11.5. The third-order valence-corrected chi connectivity index (χ3v) is 2.86. The largest absolute Gasteiger partial charge is 0.330 e. The van der Waals surface area contributed by atoms with E-state index in [9.17, 15) is 4.79 Å². The number of hydrogen-bond acceptors (Lipinski definition) is 3.